The van der Waals surface area contributed by atoms with Gasteiger partial charge in [-0.05, 0) is 32.7 Å². The van der Waals surface area contributed by atoms with E-state index in [-0.39, 0.29) is 6.10 Å². The number of nitriles is 1. The molecule has 3 heteroatoms. The Bertz CT molecular complexity index is 236. The Morgan fingerprint density at radius 2 is 2.36 bits per heavy atom. The minimum absolute atomic E-state index is 0.198. The highest BCUT2D eigenvalue weighted by Crippen LogP contribution is 2.38. The van der Waals surface area contributed by atoms with Gasteiger partial charge in [0.05, 0.1) is 24.7 Å². The lowest BCUT2D eigenvalue weighted by molar-refractivity contribution is 0.0148. The Kier molecular flexibility index (Phi) is 3.05. The molecule has 0 aromatic carbocycles. The van der Waals surface area contributed by atoms with Crippen molar-refractivity contribution >= 4 is 0 Å². The van der Waals surface area contributed by atoms with E-state index >= 15 is 0 Å². The van der Waals surface area contributed by atoms with Gasteiger partial charge in [0.2, 0.25) is 0 Å². The third-order valence-corrected chi connectivity index (χ3v) is 3.59. The van der Waals surface area contributed by atoms with Crippen LogP contribution in [0, 0.1) is 17.2 Å². The molecule has 0 aromatic heterocycles. The van der Waals surface area contributed by atoms with Crippen molar-refractivity contribution in [2.45, 2.75) is 50.4 Å². The van der Waals surface area contributed by atoms with Crippen LogP contribution in [-0.4, -0.2) is 25.3 Å². The first-order valence-electron chi connectivity index (χ1n) is 5.55. The van der Waals surface area contributed by atoms with Crippen LogP contribution in [-0.2, 0) is 4.74 Å². The van der Waals surface area contributed by atoms with Crippen molar-refractivity contribution in [1.29, 1.82) is 5.26 Å². The molecule has 1 aliphatic heterocycles. The van der Waals surface area contributed by atoms with Crippen molar-refractivity contribution in [1.82, 2.24) is 5.32 Å². The van der Waals surface area contributed by atoms with Crippen LogP contribution in [0.5, 0.6) is 0 Å². The zero-order valence-corrected chi connectivity index (χ0v) is 8.70. The number of nitrogens with one attached hydrogen (secondary N) is 1. The molecule has 4 atom stereocenters. The zero-order valence-electron chi connectivity index (χ0n) is 8.70. The second-order valence-corrected chi connectivity index (χ2v) is 4.38. The maximum atomic E-state index is 8.64. The van der Waals surface area contributed by atoms with Crippen molar-refractivity contribution in [3.05, 3.63) is 0 Å². The average molecular weight is 194 g/mol. The van der Waals surface area contributed by atoms with Crippen molar-refractivity contribution < 1.29 is 4.74 Å². The van der Waals surface area contributed by atoms with E-state index in [1.165, 1.54) is 19.3 Å². The summed E-state index contributed by atoms with van der Waals surface area (Å²) in [6.45, 7) is 0. The van der Waals surface area contributed by atoms with E-state index in [0.29, 0.717) is 24.5 Å². The largest absolute Gasteiger partial charge is 0.374 e. The van der Waals surface area contributed by atoms with Gasteiger partial charge in [0.1, 0.15) is 0 Å². The van der Waals surface area contributed by atoms with Crippen LogP contribution < -0.4 is 5.32 Å². The van der Waals surface area contributed by atoms with Gasteiger partial charge >= 0.3 is 0 Å². The molecule has 14 heavy (non-hydrogen) atoms. The number of hydrogen-bond donors (Lipinski definition) is 1. The SMILES string of the molecule is CNC1CCCC2OC(CC#N)CC12. The average Bonchev–Trinajstić information content (AvgIpc) is 2.60. The first-order chi connectivity index (χ1) is 6.85. The molecule has 1 saturated heterocycles. The molecule has 1 saturated carbocycles. The third-order valence-electron chi connectivity index (χ3n) is 3.59. The smallest absolute Gasteiger partial charge is 0.0713 e. The van der Waals surface area contributed by atoms with E-state index in [0.717, 1.165) is 6.42 Å². The quantitative estimate of drug-likeness (QED) is 0.723. The van der Waals surface area contributed by atoms with Gasteiger partial charge in [-0.2, -0.15) is 5.26 Å². The van der Waals surface area contributed by atoms with E-state index in [4.69, 9.17) is 10.00 Å². The Balaban J connectivity index is 1.97. The third kappa shape index (κ3) is 1.77. The van der Waals surface area contributed by atoms with Crippen molar-refractivity contribution in [3.8, 4) is 6.07 Å². The summed E-state index contributed by atoms with van der Waals surface area (Å²) in [6.07, 6.45) is 5.95. The van der Waals surface area contributed by atoms with Gasteiger partial charge in [-0.25, -0.2) is 0 Å². The Morgan fingerprint density at radius 3 is 3.07 bits per heavy atom. The number of ether oxygens (including phenoxy) is 1. The molecule has 0 bridgehead atoms. The van der Waals surface area contributed by atoms with Crippen LogP contribution in [0.4, 0.5) is 0 Å². The molecular formula is C11H18N2O. The minimum atomic E-state index is 0.198. The number of fused-ring (bicyclic) bond motifs is 1. The first kappa shape index (κ1) is 9.95. The molecule has 78 valence electrons. The monoisotopic (exact) mass is 194 g/mol. The van der Waals surface area contributed by atoms with Crippen LogP contribution in [0.2, 0.25) is 0 Å². The highest BCUT2D eigenvalue weighted by atomic mass is 16.5. The zero-order chi connectivity index (χ0) is 9.97. The minimum Gasteiger partial charge on any atom is -0.374 e. The molecule has 0 amide bonds. The lowest BCUT2D eigenvalue weighted by Gasteiger charge is -2.32. The molecule has 3 nitrogen and oxygen atoms in total. The lowest BCUT2D eigenvalue weighted by atomic mass is 9.81. The predicted octanol–water partition coefficient (Wildman–Crippen LogP) is 1.45. The van der Waals surface area contributed by atoms with Crippen LogP contribution in [0.3, 0.4) is 0 Å². The summed E-state index contributed by atoms with van der Waals surface area (Å²) >= 11 is 0. The molecule has 2 fully saturated rings. The van der Waals surface area contributed by atoms with E-state index in [1.54, 1.807) is 0 Å². The molecular weight excluding hydrogens is 176 g/mol. The van der Waals surface area contributed by atoms with Gasteiger partial charge in [0.25, 0.3) is 0 Å². The lowest BCUT2D eigenvalue weighted by Crippen LogP contribution is -2.41. The van der Waals surface area contributed by atoms with Gasteiger partial charge in [0.15, 0.2) is 0 Å². The summed E-state index contributed by atoms with van der Waals surface area (Å²) in [4.78, 5) is 0. The second kappa shape index (κ2) is 4.29. The summed E-state index contributed by atoms with van der Waals surface area (Å²) in [5.41, 5.74) is 0. The second-order valence-electron chi connectivity index (χ2n) is 4.38. The van der Waals surface area contributed by atoms with Crippen molar-refractivity contribution in [2.24, 2.45) is 5.92 Å². The molecule has 1 aliphatic carbocycles. The van der Waals surface area contributed by atoms with Crippen LogP contribution >= 0.6 is 0 Å². The van der Waals surface area contributed by atoms with Gasteiger partial charge in [-0.3, -0.25) is 0 Å². The number of hydrogen-bond acceptors (Lipinski definition) is 3. The first-order valence-corrected chi connectivity index (χ1v) is 5.55. The van der Waals surface area contributed by atoms with Crippen molar-refractivity contribution in [2.75, 3.05) is 7.05 Å². The van der Waals surface area contributed by atoms with Gasteiger partial charge in [0, 0.05) is 12.0 Å². The molecule has 1 heterocycles. The van der Waals surface area contributed by atoms with E-state index in [1.807, 2.05) is 7.05 Å². The van der Waals surface area contributed by atoms with Gasteiger partial charge < -0.3 is 10.1 Å². The maximum Gasteiger partial charge on any atom is 0.0713 e. The number of nitrogens with zero attached hydrogens (tertiary/aromatic N) is 1. The fourth-order valence-corrected chi connectivity index (χ4v) is 2.91. The standard InChI is InChI=1S/C11H18N2O/c1-13-10-3-2-4-11-9(10)7-8(14-11)5-6-12/h8-11,13H,2-5,7H2,1H3. The Morgan fingerprint density at radius 1 is 1.50 bits per heavy atom. The maximum absolute atomic E-state index is 8.64. The summed E-state index contributed by atoms with van der Waals surface area (Å²) in [7, 11) is 2.03. The van der Waals surface area contributed by atoms with Gasteiger partial charge in [-0.1, -0.05) is 0 Å². The number of rotatable bonds is 2. The summed E-state index contributed by atoms with van der Waals surface area (Å²) in [6, 6.07) is 2.82. The predicted molar refractivity (Wildman–Crippen MR) is 53.7 cm³/mol. The highest BCUT2D eigenvalue weighted by molar-refractivity contribution is 4.95. The molecule has 1 N–H and O–H groups in total. The van der Waals surface area contributed by atoms with E-state index in [2.05, 4.69) is 11.4 Å². The van der Waals surface area contributed by atoms with Gasteiger partial charge in [-0.15, -0.1) is 0 Å². The van der Waals surface area contributed by atoms with E-state index < -0.39 is 0 Å². The topological polar surface area (TPSA) is 45.0 Å². The molecule has 4 unspecified atom stereocenters. The highest BCUT2D eigenvalue weighted by Gasteiger charge is 2.41. The molecule has 2 rings (SSSR count). The molecule has 2 aliphatic rings. The van der Waals surface area contributed by atoms with E-state index in [9.17, 15) is 0 Å². The summed E-state index contributed by atoms with van der Waals surface area (Å²) in [5, 5.41) is 12.0. The Hall–Kier alpha value is -0.590. The summed E-state index contributed by atoms with van der Waals surface area (Å²) in [5.74, 6) is 0.645. The molecule has 0 spiro atoms. The van der Waals surface area contributed by atoms with Crippen molar-refractivity contribution in [3.63, 3.8) is 0 Å². The fraction of sp³-hybridized carbons (Fsp3) is 0.909. The molecule has 0 radical (unpaired) electrons. The van der Waals surface area contributed by atoms with Crippen LogP contribution in [0.25, 0.3) is 0 Å². The fourth-order valence-electron chi connectivity index (χ4n) is 2.91. The normalized spacial score (nSPS) is 41.7. The van der Waals surface area contributed by atoms with Crippen LogP contribution in [0.15, 0.2) is 0 Å². The molecule has 0 aromatic rings. The Labute approximate surface area is 85.4 Å². The summed E-state index contributed by atoms with van der Waals surface area (Å²) < 4.78 is 5.88. The van der Waals surface area contributed by atoms with Crippen LogP contribution in [0.1, 0.15) is 32.1 Å².